The number of hydrogen-bond donors (Lipinski definition) is 12. The highest BCUT2D eigenvalue weighted by molar-refractivity contribution is 5.91. The van der Waals surface area contributed by atoms with Crippen LogP contribution in [0.2, 0.25) is 0 Å². The summed E-state index contributed by atoms with van der Waals surface area (Å²) in [6.07, 6.45) is -14.4. The Balaban J connectivity index is 1.36. The van der Waals surface area contributed by atoms with Crippen LogP contribution >= 0.6 is 0 Å². The number of aliphatic hydroxyl groups excluding tert-OH is 7. The molecule has 3 heterocycles. The molecular formula is C34H36O19. The van der Waals surface area contributed by atoms with Crippen molar-refractivity contribution in [3.05, 3.63) is 82.5 Å². The van der Waals surface area contributed by atoms with Gasteiger partial charge in [-0.25, -0.2) is 4.79 Å². The molecule has 286 valence electrons. The monoisotopic (exact) mass is 748 g/mol. The van der Waals surface area contributed by atoms with Crippen LogP contribution < -0.4 is 0 Å². The van der Waals surface area contributed by atoms with Crippen LogP contribution in [-0.2, 0) is 28.4 Å². The Morgan fingerprint density at radius 1 is 0.755 bits per heavy atom. The van der Waals surface area contributed by atoms with Gasteiger partial charge in [-0.1, -0.05) is 0 Å². The average Bonchev–Trinajstić information content (AvgIpc) is 3.11. The lowest BCUT2D eigenvalue weighted by Crippen LogP contribution is -2.62. The molecule has 1 unspecified atom stereocenters. The van der Waals surface area contributed by atoms with Crippen LogP contribution in [0.15, 0.2) is 71.4 Å². The number of phenolic OH excluding ortho intramolecular Hbond substituents is 5. The number of esters is 1. The van der Waals surface area contributed by atoms with Crippen LogP contribution in [0.1, 0.15) is 22.8 Å². The summed E-state index contributed by atoms with van der Waals surface area (Å²) < 4.78 is 34.5. The van der Waals surface area contributed by atoms with Gasteiger partial charge in [0.25, 0.3) is 0 Å². The van der Waals surface area contributed by atoms with E-state index in [-0.39, 0.29) is 28.4 Å². The van der Waals surface area contributed by atoms with E-state index >= 15 is 0 Å². The lowest BCUT2D eigenvalue weighted by Gasteiger charge is -2.43. The second-order valence-corrected chi connectivity index (χ2v) is 12.5. The number of carbonyl (C=O) groups excluding carboxylic acids is 1. The molecule has 2 aromatic carbocycles. The Morgan fingerprint density at radius 2 is 1.45 bits per heavy atom. The van der Waals surface area contributed by atoms with E-state index in [1.165, 1.54) is 25.1 Å². The van der Waals surface area contributed by atoms with Crippen LogP contribution in [0.5, 0.6) is 28.7 Å². The van der Waals surface area contributed by atoms with Crippen LogP contribution in [-0.4, -0.2) is 141 Å². The SMILES string of the molecule is C[C@@H]1O[C@@H](OC[C@H]2O[C@H](OC3=C(c4ccc(O)c(O)c4)OC4C=C(O)C=C(O)C4=C3)[C@H](OC(=O)c3cc(O)c(O)c(O)c3)[C@@H](O)[C@H]2O)[C@H](O)[C@H](O)[C@H]1O. The number of fused-ring (bicyclic) bond motifs is 1. The van der Waals surface area contributed by atoms with E-state index < -0.39 is 120 Å². The number of rotatable bonds is 8. The van der Waals surface area contributed by atoms with Crippen molar-refractivity contribution >= 4 is 11.7 Å². The van der Waals surface area contributed by atoms with Crippen LogP contribution in [0, 0.1) is 0 Å². The fourth-order valence-electron chi connectivity index (χ4n) is 5.91. The molecule has 0 amide bonds. The van der Waals surface area contributed by atoms with Crippen molar-refractivity contribution in [2.24, 2.45) is 0 Å². The summed E-state index contributed by atoms with van der Waals surface area (Å²) in [7, 11) is 0. The lowest BCUT2D eigenvalue weighted by atomic mass is 9.96. The predicted octanol–water partition coefficient (Wildman–Crippen LogP) is -0.361. The maximum Gasteiger partial charge on any atom is 0.339 e. The second-order valence-electron chi connectivity index (χ2n) is 12.5. The summed E-state index contributed by atoms with van der Waals surface area (Å²) in [4.78, 5) is 13.3. The van der Waals surface area contributed by atoms with Crippen LogP contribution in [0.3, 0.4) is 0 Å². The molecule has 0 radical (unpaired) electrons. The van der Waals surface area contributed by atoms with Gasteiger partial charge in [-0.3, -0.25) is 0 Å². The van der Waals surface area contributed by atoms with Gasteiger partial charge < -0.3 is 89.7 Å². The maximum atomic E-state index is 13.3. The van der Waals surface area contributed by atoms with Crippen molar-refractivity contribution in [1.29, 1.82) is 0 Å². The fourth-order valence-corrected chi connectivity index (χ4v) is 5.91. The largest absolute Gasteiger partial charge is 0.508 e. The quantitative estimate of drug-likeness (QED) is 0.121. The summed E-state index contributed by atoms with van der Waals surface area (Å²) in [5.41, 5.74) is -0.398. The zero-order valence-corrected chi connectivity index (χ0v) is 27.4. The van der Waals surface area contributed by atoms with E-state index in [0.29, 0.717) is 0 Å². The van der Waals surface area contributed by atoms with E-state index in [0.717, 1.165) is 30.3 Å². The molecule has 2 aromatic rings. The van der Waals surface area contributed by atoms with Gasteiger partial charge in [0.15, 0.2) is 52.7 Å². The van der Waals surface area contributed by atoms with Gasteiger partial charge in [0.1, 0.15) is 54.2 Å². The first-order valence-electron chi connectivity index (χ1n) is 16.0. The van der Waals surface area contributed by atoms with E-state index in [9.17, 15) is 66.1 Å². The molecular weight excluding hydrogens is 712 g/mol. The van der Waals surface area contributed by atoms with Gasteiger partial charge in [-0.15, -0.1) is 0 Å². The maximum absolute atomic E-state index is 13.3. The average molecular weight is 749 g/mol. The third-order valence-electron chi connectivity index (χ3n) is 8.87. The molecule has 0 spiro atoms. The Labute approximate surface area is 298 Å². The van der Waals surface area contributed by atoms with Gasteiger partial charge in [-0.05, 0) is 43.3 Å². The fraction of sp³-hybridized carbons (Fsp3) is 0.382. The van der Waals surface area contributed by atoms with Gasteiger partial charge in [0.2, 0.25) is 6.29 Å². The lowest BCUT2D eigenvalue weighted by molar-refractivity contribution is -0.323. The molecule has 4 aliphatic rings. The predicted molar refractivity (Wildman–Crippen MR) is 172 cm³/mol. The minimum atomic E-state index is -2.05. The van der Waals surface area contributed by atoms with Crippen molar-refractivity contribution in [2.45, 2.75) is 74.4 Å². The Hall–Kier alpha value is -5.25. The molecule has 3 aliphatic heterocycles. The molecule has 6 rings (SSSR count). The van der Waals surface area contributed by atoms with Crippen LogP contribution in [0.25, 0.3) is 5.76 Å². The molecule has 2 saturated heterocycles. The first kappa shape index (κ1) is 37.5. The highest BCUT2D eigenvalue weighted by Crippen LogP contribution is 2.41. The summed E-state index contributed by atoms with van der Waals surface area (Å²) in [6, 6.07) is 5.02. The molecule has 0 aromatic heterocycles. The van der Waals surface area contributed by atoms with E-state index in [1.54, 1.807) is 0 Å². The summed E-state index contributed by atoms with van der Waals surface area (Å²) in [5, 5.41) is 124. The van der Waals surface area contributed by atoms with E-state index in [1.807, 2.05) is 0 Å². The topological polar surface area (TPSA) is 315 Å². The molecule has 53 heavy (non-hydrogen) atoms. The minimum absolute atomic E-state index is 0.0442. The number of ether oxygens (including phenoxy) is 6. The molecule has 19 nitrogen and oxygen atoms in total. The summed E-state index contributed by atoms with van der Waals surface area (Å²) in [6.45, 7) is 0.740. The zero-order valence-electron chi connectivity index (χ0n) is 27.4. The van der Waals surface area contributed by atoms with Gasteiger partial charge >= 0.3 is 5.97 Å². The zero-order chi connectivity index (χ0) is 38.5. The first-order chi connectivity index (χ1) is 25.0. The molecule has 0 saturated carbocycles. The highest BCUT2D eigenvalue weighted by Gasteiger charge is 2.50. The van der Waals surface area contributed by atoms with Crippen molar-refractivity contribution in [3.8, 4) is 28.7 Å². The first-order valence-corrected chi connectivity index (χ1v) is 16.0. The smallest absolute Gasteiger partial charge is 0.339 e. The minimum Gasteiger partial charge on any atom is -0.508 e. The van der Waals surface area contributed by atoms with E-state index in [2.05, 4.69) is 0 Å². The van der Waals surface area contributed by atoms with Gasteiger partial charge in [0, 0.05) is 23.3 Å². The molecule has 11 atom stereocenters. The number of aromatic hydroxyl groups is 5. The number of hydrogen-bond acceptors (Lipinski definition) is 19. The molecule has 12 N–H and O–H groups in total. The Kier molecular flexibility index (Phi) is 10.4. The van der Waals surface area contributed by atoms with Gasteiger partial charge in [-0.2, -0.15) is 0 Å². The van der Waals surface area contributed by atoms with Gasteiger partial charge in [0.05, 0.1) is 18.3 Å². The molecule has 1 aliphatic carbocycles. The number of allylic oxidation sites excluding steroid dienone is 2. The normalized spacial score (nSPS) is 32.8. The number of aliphatic hydroxyl groups is 7. The summed E-state index contributed by atoms with van der Waals surface area (Å²) in [5.74, 6) is -6.39. The van der Waals surface area contributed by atoms with Crippen molar-refractivity contribution < 1.29 is 94.5 Å². The standard InChI is InChI=1S/C34H36O19/c1-11-24(41)27(44)29(46)33(49-11)48-10-23-26(43)28(45)31(53-32(47)13-5-19(39)25(42)20(40)6-13)34(52-23)51-22-9-15-17(37)7-14(35)8-21(15)50-30(22)12-2-3-16(36)18(38)4-12/h2-9,11,21,23-24,26-29,31,33-46H,10H2,1H3/t11-,21?,23+,24-,26-,27+,28-,29+,31+,33+,34-/m0/s1. The summed E-state index contributed by atoms with van der Waals surface area (Å²) >= 11 is 0. The highest BCUT2D eigenvalue weighted by atomic mass is 16.7. The van der Waals surface area contributed by atoms with Crippen molar-refractivity contribution in [1.82, 2.24) is 0 Å². The van der Waals surface area contributed by atoms with E-state index in [4.69, 9.17) is 28.4 Å². The van der Waals surface area contributed by atoms with Crippen molar-refractivity contribution in [2.75, 3.05) is 6.61 Å². The Bertz CT molecular complexity index is 1840. The van der Waals surface area contributed by atoms with Crippen LogP contribution in [0.4, 0.5) is 0 Å². The number of carbonyl (C=O) groups is 1. The number of phenols is 5. The molecule has 0 bridgehead atoms. The third-order valence-corrected chi connectivity index (χ3v) is 8.87. The second kappa shape index (κ2) is 14.6. The number of benzene rings is 2. The molecule has 2 fully saturated rings. The van der Waals surface area contributed by atoms with Crippen molar-refractivity contribution in [3.63, 3.8) is 0 Å². The molecule has 19 heteroatoms. The Morgan fingerprint density at radius 3 is 2.13 bits per heavy atom. The third kappa shape index (κ3) is 7.36.